The van der Waals surface area contributed by atoms with E-state index in [0.717, 1.165) is 18.7 Å². The third-order valence-electron chi connectivity index (χ3n) is 3.37. The zero-order valence-corrected chi connectivity index (χ0v) is 11.4. The molecule has 7 heteroatoms. The average molecular weight is 262 g/mol. The largest absolute Gasteiger partial charge is 1.00 e. The van der Waals surface area contributed by atoms with Crippen molar-refractivity contribution >= 4 is 0 Å². The second-order valence-electron chi connectivity index (χ2n) is 5.81. The fourth-order valence-electron chi connectivity index (χ4n) is 2.80. The SMILES string of the molecule is CC1(C)CC(c2nn[nH]n2)CC(C)(C)N1O.[Cl-].[H+]. The molecule has 2 heterocycles. The van der Waals surface area contributed by atoms with Crippen LogP contribution < -0.4 is 12.4 Å². The summed E-state index contributed by atoms with van der Waals surface area (Å²) in [4.78, 5) is 0. The predicted octanol–water partition coefficient (Wildman–Crippen LogP) is -1.56. The molecular formula is C10H20ClN5O. The van der Waals surface area contributed by atoms with Gasteiger partial charge in [-0.2, -0.15) is 10.3 Å². The molecule has 1 saturated heterocycles. The number of hydrogen-bond donors (Lipinski definition) is 2. The van der Waals surface area contributed by atoms with Crippen LogP contribution in [-0.4, -0.2) is 42.0 Å². The van der Waals surface area contributed by atoms with Gasteiger partial charge in [0.15, 0.2) is 5.82 Å². The Bertz CT molecular complexity index is 352. The van der Waals surface area contributed by atoms with Crippen LogP contribution in [0, 0.1) is 0 Å². The lowest BCUT2D eigenvalue weighted by molar-refractivity contribution is -0.245. The first kappa shape index (κ1) is 14.3. The van der Waals surface area contributed by atoms with Gasteiger partial charge in [0.1, 0.15) is 0 Å². The highest BCUT2D eigenvalue weighted by Gasteiger charge is 2.46. The van der Waals surface area contributed by atoms with Crippen molar-refractivity contribution in [2.75, 3.05) is 0 Å². The first-order valence-electron chi connectivity index (χ1n) is 5.55. The number of piperidine rings is 1. The lowest BCUT2D eigenvalue weighted by atomic mass is 9.75. The summed E-state index contributed by atoms with van der Waals surface area (Å²) in [6.45, 7) is 8.12. The first-order chi connectivity index (χ1) is 7.33. The van der Waals surface area contributed by atoms with Gasteiger partial charge in [0.25, 0.3) is 0 Å². The van der Waals surface area contributed by atoms with Crippen LogP contribution in [0.1, 0.15) is 53.7 Å². The summed E-state index contributed by atoms with van der Waals surface area (Å²) < 4.78 is 0. The summed E-state index contributed by atoms with van der Waals surface area (Å²) in [5.41, 5.74) is -0.542. The molecule has 1 aliphatic rings. The molecule has 0 bridgehead atoms. The Hall–Kier alpha value is -0.720. The van der Waals surface area contributed by atoms with Crippen molar-refractivity contribution in [2.45, 2.75) is 57.5 Å². The van der Waals surface area contributed by atoms with Crippen LogP contribution in [0.5, 0.6) is 0 Å². The Morgan fingerprint density at radius 1 is 1.29 bits per heavy atom. The van der Waals surface area contributed by atoms with E-state index < -0.39 is 0 Å². The van der Waals surface area contributed by atoms with Crippen molar-refractivity contribution in [3.8, 4) is 0 Å². The fraction of sp³-hybridized carbons (Fsp3) is 0.900. The average Bonchev–Trinajstić information content (AvgIpc) is 2.65. The van der Waals surface area contributed by atoms with E-state index >= 15 is 0 Å². The Balaban J connectivity index is 0.00000144. The lowest BCUT2D eigenvalue weighted by Crippen LogP contribution is -3.00. The number of nitrogens with zero attached hydrogens (tertiary/aromatic N) is 4. The van der Waals surface area contributed by atoms with Crippen LogP contribution in [0.3, 0.4) is 0 Å². The molecule has 0 saturated carbocycles. The number of halogens is 1. The molecule has 0 aromatic carbocycles. The molecule has 0 unspecified atom stereocenters. The minimum Gasteiger partial charge on any atom is -1.00 e. The molecule has 1 aliphatic heterocycles. The van der Waals surface area contributed by atoms with Gasteiger partial charge in [0.05, 0.1) is 0 Å². The number of hydrogen-bond acceptors (Lipinski definition) is 5. The molecule has 0 amide bonds. The molecule has 0 spiro atoms. The number of aromatic nitrogens is 4. The second-order valence-corrected chi connectivity index (χ2v) is 5.81. The maximum Gasteiger partial charge on any atom is 1.00 e. The third-order valence-corrected chi connectivity index (χ3v) is 3.37. The summed E-state index contributed by atoms with van der Waals surface area (Å²) in [6.07, 6.45) is 1.65. The predicted molar refractivity (Wildman–Crippen MR) is 59.0 cm³/mol. The number of hydroxylamine groups is 2. The number of tetrazole rings is 1. The summed E-state index contributed by atoms with van der Waals surface area (Å²) in [5, 5.41) is 25.8. The van der Waals surface area contributed by atoms with Gasteiger partial charge >= 0.3 is 1.43 Å². The molecule has 2 rings (SSSR count). The molecule has 1 aromatic heterocycles. The zero-order chi connectivity index (χ0) is 12.0. The van der Waals surface area contributed by atoms with Gasteiger partial charge in [-0.05, 0) is 40.5 Å². The highest BCUT2D eigenvalue weighted by molar-refractivity contribution is 5.05. The monoisotopic (exact) mass is 261 g/mol. The maximum absolute atomic E-state index is 10.1. The van der Waals surface area contributed by atoms with E-state index in [1.807, 2.05) is 27.7 Å². The highest BCUT2D eigenvalue weighted by Crippen LogP contribution is 2.43. The number of rotatable bonds is 1. The first-order valence-corrected chi connectivity index (χ1v) is 5.55. The Labute approximate surface area is 109 Å². The van der Waals surface area contributed by atoms with Crippen molar-refractivity contribution in [1.29, 1.82) is 0 Å². The Kier molecular flexibility index (Phi) is 3.81. The van der Waals surface area contributed by atoms with Gasteiger partial charge in [0.2, 0.25) is 0 Å². The molecule has 0 aliphatic carbocycles. The van der Waals surface area contributed by atoms with Crippen LogP contribution in [0.2, 0.25) is 0 Å². The van der Waals surface area contributed by atoms with Crippen molar-refractivity contribution in [3.63, 3.8) is 0 Å². The van der Waals surface area contributed by atoms with Crippen LogP contribution in [0.25, 0.3) is 0 Å². The molecule has 98 valence electrons. The fourth-order valence-corrected chi connectivity index (χ4v) is 2.80. The summed E-state index contributed by atoms with van der Waals surface area (Å²) in [5.74, 6) is 0.987. The Morgan fingerprint density at radius 3 is 2.24 bits per heavy atom. The minimum absolute atomic E-state index is 0. The van der Waals surface area contributed by atoms with Crippen LogP contribution >= 0.6 is 0 Å². The van der Waals surface area contributed by atoms with E-state index in [1.165, 1.54) is 5.06 Å². The van der Waals surface area contributed by atoms with Crippen LogP contribution in [0.15, 0.2) is 0 Å². The van der Waals surface area contributed by atoms with Gasteiger partial charge in [0, 0.05) is 17.0 Å². The minimum atomic E-state index is -0.271. The van der Waals surface area contributed by atoms with Crippen molar-refractivity contribution in [1.82, 2.24) is 25.7 Å². The second kappa shape index (κ2) is 4.51. The smallest absolute Gasteiger partial charge is 1.00 e. The summed E-state index contributed by atoms with van der Waals surface area (Å²) in [6, 6.07) is 0. The van der Waals surface area contributed by atoms with Crippen molar-refractivity contribution in [3.05, 3.63) is 5.82 Å². The number of H-pyrrole nitrogens is 1. The Morgan fingerprint density at radius 2 is 1.82 bits per heavy atom. The zero-order valence-electron chi connectivity index (χ0n) is 11.6. The third kappa shape index (κ3) is 2.59. The maximum atomic E-state index is 10.1. The summed E-state index contributed by atoms with van der Waals surface area (Å²) in [7, 11) is 0. The molecule has 1 aromatic rings. The quantitative estimate of drug-likeness (QED) is 0.640. The van der Waals surface area contributed by atoms with Gasteiger partial charge in [-0.3, -0.25) is 0 Å². The standard InChI is InChI=1S/C10H19N5O.ClH/c1-9(2)5-7(8-11-13-14-12-8)6-10(3,4)15(9)16;/h7,16H,5-6H2,1-4H3,(H,11,12,13,14);1H. The van der Waals surface area contributed by atoms with Crippen LogP contribution in [0.4, 0.5) is 0 Å². The van der Waals surface area contributed by atoms with E-state index in [2.05, 4.69) is 20.6 Å². The van der Waals surface area contributed by atoms with E-state index in [1.54, 1.807) is 0 Å². The van der Waals surface area contributed by atoms with Gasteiger partial charge in [-0.15, -0.1) is 10.2 Å². The molecule has 6 nitrogen and oxygen atoms in total. The van der Waals surface area contributed by atoms with E-state index in [9.17, 15) is 5.21 Å². The molecular weight excluding hydrogens is 242 g/mol. The molecule has 1 fully saturated rings. The molecule has 0 radical (unpaired) electrons. The van der Waals surface area contributed by atoms with Crippen molar-refractivity contribution < 1.29 is 19.0 Å². The number of nitrogens with one attached hydrogen (secondary N) is 1. The lowest BCUT2D eigenvalue weighted by Gasteiger charge is -2.50. The van der Waals surface area contributed by atoms with E-state index in [4.69, 9.17) is 0 Å². The topological polar surface area (TPSA) is 77.9 Å². The summed E-state index contributed by atoms with van der Waals surface area (Å²) >= 11 is 0. The normalized spacial score (nSPS) is 24.3. The molecule has 17 heavy (non-hydrogen) atoms. The van der Waals surface area contributed by atoms with E-state index in [-0.39, 0.29) is 30.8 Å². The molecule has 2 N–H and O–H groups in total. The number of aromatic amines is 1. The highest BCUT2D eigenvalue weighted by atomic mass is 35.5. The van der Waals surface area contributed by atoms with E-state index in [0.29, 0.717) is 0 Å². The van der Waals surface area contributed by atoms with Gasteiger partial charge < -0.3 is 17.6 Å². The van der Waals surface area contributed by atoms with Crippen molar-refractivity contribution in [2.24, 2.45) is 0 Å². The van der Waals surface area contributed by atoms with Gasteiger partial charge in [-0.25, -0.2) is 0 Å². The molecule has 0 atom stereocenters. The van der Waals surface area contributed by atoms with Gasteiger partial charge in [-0.1, -0.05) is 5.21 Å². The van der Waals surface area contributed by atoms with Crippen LogP contribution in [-0.2, 0) is 0 Å².